The van der Waals surface area contributed by atoms with Crippen molar-refractivity contribution in [2.45, 2.75) is 26.8 Å². The molecule has 2 N–H and O–H groups in total. The summed E-state index contributed by atoms with van der Waals surface area (Å²) in [6.45, 7) is 5.61. The van der Waals surface area contributed by atoms with E-state index in [4.69, 9.17) is 10.5 Å². The molecule has 0 fully saturated rings. The van der Waals surface area contributed by atoms with Crippen LogP contribution in [0, 0.1) is 5.92 Å². The van der Waals surface area contributed by atoms with Gasteiger partial charge in [-0.15, -0.1) is 0 Å². The predicted molar refractivity (Wildman–Crippen MR) is 76.9 cm³/mol. The fraction of sp³-hybridized carbons (Fsp3) is 0.533. The molecule has 0 saturated carbocycles. The molecule has 0 aliphatic rings. The van der Waals surface area contributed by atoms with Gasteiger partial charge >= 0.3 is 0 Å². The zero-order chi connectivity index (χ0) is 14.3. The van der Waals surface area contributed by atoms with Crippen molar-refractivity contribution >= 4 is 5.91 Å². The summed E-state index contributed by atoms with van der Waals surface area (Å²) in [5, 5.41) is 0. The Balaban J connectivity index is 2.60. The standard InChI is InChI=1S/C15H24N2O2/c1-4-13(10-16)15(18)17(3)11-12-6-8-14(9-7-12)19-5-2/h6-9,13H,4-5,10-11,16H2,1-3H3. The number of hydrogen-bond donors (Lipinski definition) is 1. The van der Waals surface area contributed by atoms with Crippen molar-refractivity contribution in [2.24, 2.45) is 11.7 Å². The van der Waals surface area contributed by atoms with E-state index in [9.17, 15) is 4.79 Å². The van der Waals surface area contributed by atoms with Gasteiger partial charge < -0.3 is 15.4 Å². The molecule has 1 atom stereocenters. The van der Waals surface area contributed by atoms with E-state index in [-0.39, 0.29) is 11.8 Å². The summed E-state index contributed by atoms with van der Waals surface area (Å²) in [7, 11) is 1.82. The zero-order valence-electron chi connectivity index (χ0n) is 12.1. The van der Waals surface area contributed by atoms with Crippen LogP contribution in [0.1, 0.15) is 25.8 Å². The lowest BCUT2D eigenvalue weighted by atomic mass is 10.1. The van der Waals surface area contributed by atoms with Crippen LogP contribution in [-0.4, -0.2) is 31.0 Å². The molecule has 19 heavy (non-hydrogen) atoms. The van der Waals surface area contributed by atoms with E-state index < -0.39 is 0 Å². The van der Waals surface area contributed by atoms with Gasteiger partial charge in [0, 0.05) is 20.1 Å². The van der Waals surface area contributed by atoms with Gasteiger partial charge in [-0.2, -0.15) is 0 Å². The van der Waals surface area contributed by atoms with Gasteiger partial charge in [-0.05, 0) is 31.0 Å². The molecule has 4 heteroatoms. The molecule has 0 heterocycles. The second-order valence-electron chi connectivity index (χ2n) is 4.61. The lowest BCUT2D eigenvalue weighted by molar-refractivity contribution is -0.134. The lowest BCUT2D eigenvalue weighted by Gasteiger charge is -2.22. The first-order valence-electron chi connectivity index (χ1n) is 6.79. The predicted octanol–water partition coefficient (Wildman–Crippen LogP) is 2.03. The van der Waals surface area contributed by atoms with Gasteiger partial charge in [0.15, 0.2) is 0 Å². The van der Waals surface area contributed by atoms with Crippen LogP contribution in [0.4, 0.5) is 0 Å². The van der Waals surface area contributed by atoms with Crippen LogP contribution in [0.3, 0.4) is 0 Å². The number of benzene rings is 1. The summed E-state index contributed by atoms with van der Waals surface area (Å²) in [5.41, 5.74) is 6.69. The fourth-order valence-corrected chi connectivity index (χ4v) is 1.96. The van der Waals surface area contributed by atoms with E-state index in [1.165, 1.54) is 0 Å². The third kappa shape index (κ3) is 4.56. The first kappa shape index (κ1) is 15.5. The zero-order valence-corrected chi connectivity index (χ0v) is 12.1. The van der Waals surface area contributed by atoms with E-state index in [0.717, 1.165) is 17.7 Å². The number of rotatable bonds is 7. The number of carbonyl (C=O) groups excluding carboxylic acids is 1. The normalized spacial score (nSPS) is 12.0. The molecule has 4 nitrogen and oxygen atoms in total. The van der Waals surface area contributed by atoms with Crippen molar-refractivity contribution in [3.63, 3.8) is 0 Å². The molecule has 1 aromatic rings. The largest absolute Gasteiger partial charge is 0.494 e. The number of hydrogen-bond acceptors (Lipinski definition) is 3. The molecule has 0 aromatic heterocycles. The van der Waals surface area contributed by atoms with E-state index in [1.807, 2.05) is 45.2 Å². The molecular weight excluding hydrogens is 240 g/mol. The van der Waals surface area contributed by atoms with E-state index in [2.05, 4.69) is 0 Å². The van der Waals surface area contributed by atoms with Crippen molar-refractivity contribution in [1.82, 2.24) is 4.90 Å². The molecule has 1 amide bonds. The number of nitrogens with zero attached hydrogens (tertiary/aromatic N) is 1. The van der Waals surface area contributed by atoms with Crippen LogP contribution in [0.2, 0.25) is 0 Å². The number of nitrogens with two attached hydrogens (primary N) is 1. The first-order valence-corrected chi connectivity index (χ1v) is 6.79. The highest BCUT2D eigenvalue weighted by molar-refractivity contribution is 5.78. The molecule has 0 bridgehead atoms. The van der Waals surface area contributed by atoms with Crippen molar-refractivity contribution in [3.05, 3.63) is 29.8 Å². The Morgan fingerprint density at radius 3 is 2.42 bits per heavy atom. The molecule has 0 aliphatic carbocycles. The van der Waals surface area contributed by atoms with Gasteiger partial charge in [0.2, 0.25) is 5.91 Å². The number of carbonyl (C=O) groups is 1. The van der Waals surface area contributed by atoms with Crippen LogP contribution < -0.4 is 10.5 Å². The van der Waals surface area contributed by atoms with Crippen LogP contribution in [0.15, 0.2) is 24.3 Å². The van der Waals surface area contributed by atoms with Gasteiger partial charge in [-0.3, -0.25) is 4.79 Å². The highest BCUT2D eigenvalue weighted by Gasteiger charge is 2.18. The summed E-state index contributed by atoms with van der Waals surface area (Å²) < 4.78 is 5.39. The summed E-state index contributed by atoms with van der Waals surface area (Å²) in [6.07, 6.45) is 0.781. The molecule has 0 radical (unpaired) electrons. The Bertz CT molecular complexity index is 386. The van der Waals surface area contributed by atoms with Crippen molar-refractivity contribution in [3.8, 4) is 5.75 Å². The Morgan fingerprint density at radius 1 is 1.32 bits per heavy atom. The molecule has 0 spiro atoms. The van der Waals surface area contributed by atoms with Crippen molar-refractivity contribution in [1.29, 1.82) is 0 Å². The van der Waals surface area contributed by atoms with E-state index in [1.54, 1.807) is 4.90 Å². The molecule has 106 valence electrons. The summed E-state index contributed by atoms with van der Waals surface area (Å²) in [5.74, 6) is 0.889. The molecule has 1 aromatic carbocycles. The Morgan fingerprint density at radius 2 is 1.95 bits per heavy atom. The minimum atomic E-state index is -0.0762. The Kier molecular flexibility index (Phi) is 6.36. The maximum Gasteiger partial charge on any atom is 0.226 e. The SMILES string of the molecule is CCOc1ccc(CN(C)C(=O)C(CC)CN)cc1. The third-order valence-corrected chi connectivity index (χ3v) is 3.16. The highest BCUT2D eigenvalue weighted by Crippen LogP contribution is 2.14. The van der Waals surface area contributed by atoms with Gasteiger partial charge in [0.05, 0.1) is 12.5 Å². The smallest absolute Gasteiger partial charge is 0.226 e. The maximum absolute atomic E-state index is 12.1. The average molecular weight is 264 g/mol. The summed E-state index contributed by atoms with van der Waals surface area (Å²) >= 11 is 0. The summed E-state index contributed by atoms with van der Waals surface area (Å²) in [6, 6.07) is 7.82. The van der Waals surface area contributed by atoms with E-state index in [0.29, 0.717) is 19.7 Å². The first-order chi connectivity index (χ1) is 9.12. The van der Waals surface area contributed by atoms with Crippen LogP contribution in [0.5, 0.6) is 5.75 Å². The summed E-state index contributed by atoms with van der Waals surface area (Å²) in [4.78, 5) is 13.8. The molecule has 1 rings (SSSR count). The van der Waals surface area contributed by atoms with Gasteiger partial charge in [-0.1, -0.05) is 19.1 Å². The lowest BCUT2D eigenvalue weighted by Crippen LogP contribution is -2.35. The van der Waals surface area contributed by atoms with Crippen LogP contribution in [-0.2, 0) is 11.3 Å². The topological polar surface area (TPSA) is 55.6 Å². The maximum atomic E-state index is 12.1. The minimum Gasteiger partial charge on any atom is -0.494 e. The molecule has 0 saturated heterocycles. The van der Waals surface area contributed by atoms with Crippen molar-refractivity contribution < 1.29 is 9.53 Å². The van der Waals surface area contributed by atoms with Crippen LogP contribution >= 0.6 is 0 Å². The highest BCUT2D eigenvalue weighted by atomic mass is 16.5. The minimum absolute atomic E-state index is 0.0762. The average Bonchev–Trinajstić information content (AvgIpc) is 2.42. The Hall–Kier alpha value is -1.55. The third-order valence-electron chi connectivity index (χ3n) is 3.16. The molecule has 1 unspecified atom stereocenters. The second kappa shape index (κ2) is 7.79. The van der Waals surface area contributed by atoms with Crippen LogP contribution in [0.25, 0.3) is 0 Å². The monoisotopic (exact) mass is 264 g/mol. The van der Waals surface area contributed by atoms with E-state index >= 15 is 0 Å². The molecular formula is C15H24N2O2. The number of amides is 1. The van der Waals surface area contributed by atoms with Crippen molar-refractivity contribution in [2.75, 3.05) is 20.2 Å². The van der Waals surface area contributed by atoms with Gasteiger partial charge in [0.1, 0.15) is 5.75 Å². The quantitative estimate of drug-likeness (QED) is 0.820. The van der Waals surface area contributed by atoms with Gasteiger partial charge in [-0.25, -0.2) is 0 Å². The second-order valence-corrected chi connectivity index (χ2v) is 4.61. The van der Waals surface area contributed by atoms with Gasteiger partial charge in [0.25, 0.3) is 0 Å². The number of ether oxygens (including phenoxy) is 1. The molecule has 0 aliphatic heterocycles. The fourth-order valence-electron chi connectivity index (χ4n) is 1.96. The Labute approximate surface area is 115 Å².